The Hall–Kier alpha value is -2.02. The summed E-state index contributed by atoms with van der Waals surface area (Å²) in [7, 11) is 0. The van der Waals surface area contributed by atoms with Crippen molar-refractivity contribution < 1.29 is 0 Å². The van der Waals surface area contributed by atoms with Gasteiger partial charge >= 0.3 is 0 Å². The molecule has 7 nitrogen and oxygen atoms in total. The molecule has 3 heterocycles. The van der Waals surface area contributed by atoms with E-state index in [0.717, 1.165) is 43.5 Å². The Balaban J connectivity index is 1.65. The van der Waals surface area contributed by atoms with Crippen molar-refractivity contribution in [3.8, 4) is 0 Å². The molecule has 7 heteroatoms. The molecule has 0 amide bonds. The fourth-order valence-corrected chi connectivity index (χ4v) is 2.22. The molecule has 0 spiro atoms. The highest BCUT2D eigenvalue weighted by atomic mass is 15.3. The average molecular weight is 287 g/mol. The topological polar surface area (TPSA) is 71.8 Å². The zero-order valence-corrected chi connectivity index (χ0v) is 12.7. The molecule has 0 radical (unpaired) electrons. The fourth-order valence-electron chi connectivity index (χ4n) is 2.22. The van der Waals surface area contributed by atoms with E-state index in [1.54, 1.807) is 6.33 Å². The third kappa shape index (κ3) is 3.36. The lowest BCUT2D eigenvalue weighted by atomic mass is 10.1. The van der Waals surface area contributed by atoms with Crippen LogP contribution in [0.25, 0.3) is 0 Å². The predicted molar refractivity (Wildman–Crippen MR) is 79.7 cm³/mol. The van der Waals surface area contributed by atoms with E-state index in [1.807, 2.05) is 12.4 Å². The van der Waals surface area contributed by atoms with Crippen LogP contribution < -0.4 is 10.2 Å². The Kier molecular flexibility index (Phi) is 3.59. The fraction of sp³-hybridized carbons (Fsp3) is 0.571. The zero-order chi connectivity index (χ0) is 14.9. The van der Waals surface area contributed by atoms with Crippen LogP contribution in [0.4, 0.5) is 5.82 Å². The number of aromatic nitrogens is 5. The Bertz CT molecular complexity index is 597. The van der Waals surface area contributed by atoms with Crippen molar-refractivity contribution in [2.75, 3.05) is 11.4 Å². The molecule has 2 aromatic rings. The van der Waals surface area contributed by atoms with Gasteiger partial charge in [-0.25, -0.2) is 4.98 Å². The number of rotatable bonds is 3. The van der Waals surface area contributed by atoms with Gasteiger partial charge in [-0.2, -0.15) is 0 Å². The van der Waals surface area contributed by atoms with Gasteiger partial charge in [-0.15, -0.1) is 10.2 Å². The highest BCUT2D eigenvalue weighted by Gasteiger charge is 2.18. The maximum absolute atomic E-state index is 4.53. The molecule has 21 heavy (non-hydrogen) atoms. The lowest BCUT2D eigenvalue weighted by molar-refractivity contribution is 0.421. The van der Waals surface area contributed by atoms with Crippen molar-refractivity contribution in [2.45, 2.75) is 45.9 Å². The lowest BCUT2D eigenvalue weighted by Gasteiger charge is -2.27. The molecule has 0 bridgehead atoms. The Morgan fingerprint density at radius 1 is 1.19 bits per heavy atom. The van der Waals surface area contributed by atoms with Gasteiger partial charge in [0, 0.05) is 25.2 Å². The lowest BCUT2D eigenvalue weighted by Crippen LogP contribution is -2.36. The van der Waals surface area contributed by atoms with Crippen LogP contribution in [-0.4, -0.2) is 36.8 Å². The molecule has 0 atom stereocenters. The van der Waals surface area contributed by atoms with Gasteiger partial charge < -0.3 is 14.8 Å². The third-order valence-electron chi connectivity index (χ3n) is 3.45. The first-order valence-corrected chi connectivity index (χ1v) is 7.19. The van der Waals surface area contributed by atoms with Crippen LogP contribution in [0.3, 0.4) is 0 Å². The highest BCUT2D eigenvalue weighted by Crippen LogP contribution is 2.16. The number of fused-ring (bicyclic) bond motifs is 1. The quantitative estimate of drug-likeness (QED) is 0.907. The average Bonchev–Trinajstić information content (AvgIpc) is 2.92. The van der Waals surface area contributed by atoms with Gasteiger partial charge in [0.15, 0.2) is 5.82 Å². The van der Waals surface area contributed by atoms with Crippen molar-refractivity contribution in [1.29, 1.82) is 0 Å². The number of anilines is 1. The van der Waals surface area contributed by atoms with E-state index in [-0.39, 0.29) is 5.54 Å². The first-order valence-electron chi connectivity index (χ1n) is 7.19. The molecule has 1 N–H and O–H groups in total. The standard InChI is InChI=1S/C14H21N7/c1-14(2,3)17-7-11-6-16-12(8-15-11)20-4-5-21-10-18-19-13(21)9-20/h6,8,10,17H,4-5,7,9H2,1-3H3. The molecule has 0 saturated heterocycles. The van der Waals surface area contributed by atoms with Gasteiger partial charge in [0.1, 0.15) is 12.1 Å². The molecule has 1 aliphatic rings. The Labute approximate surface area is 124 Å². The smallest absolute Gasteiger partial charge is 0.152 e. The van der Waals surface area contributed by atoms with Crippen LogP contribution >= 0.6 is 0 Å². The van der Waals surface area contributed by atoms with E-state index >= 15 is 0 Å². The van der Waals surface area contributed by atoms with Gasteiger partial charge in [-0.3, -0.25) is 4.98 Å². The minimum absolute atomic E-state index is 0.0807. The number of nitrogens with zero attached hydrogens (tertiary/aromatic N) is 6. The molecule has 0 aromatic carbocycles. The molecule has 0 unspecified atom stereocenters. The summed E-state index contributed by atoms with van der Waals surface area (Å²) in [5.41, 5.74) is 1.03. The van der Waals surface area contributed by atoms with E-state index in [0.29, 0.717) is 0 Å². The summed E-state index contributed by atoms with van der Waals surface area (Å²) in [4.78, 5) is 11.2. The molecule has 0 saturated carbocycles. The molecule has 3 rings (SSSR count). The number of hydrogen-bond acceptors (Lipinski definition) is 6. The van der Waals surface area contributed by atoms with E-state index in [1.165, 1.54) is 0 Å². The molecule has 0 aliphatic carbocycles. The van der Waals surface area contributed by atoms with Crippen molar-refractivity contribution in [2.24, 2.45) is 0 Å². The van der Waals surface area contributed by atoms with Crippen LogP contribution in [0.2, 0.25) is 0 Å². The molecular weight excluding hydrogens is 266 g/mol. The Morgan fingerprint density at radius 2 is 2.05 bits per heavy atom. The normalized spacial score (nSPS) is 15.1. The summed E-state index contributed by atoms with van der Waals surface area (Å²) >= 11 is 0. The van der Waals surface area contributed by atoms with E-state index in [2.05, 4.69) is 55.7 Å². The summed E-state index contributed by atoms with van der Waals surface area (Å²) in [5.74, 6) is 1.87. The largest absolute Gasteiger partial charge is 0.346 e. The molecule has 0 fully saturated rings. The number of hydrogen-bond donors (Lipinski definition) is 1. The van der Waals surface area contributed by atoms with Gasteiger partial charge in [0.25, 0.3) is 0 Å². The zero-order valence-electron chi connectivity index (χ0n) is 12.7. The van der Waals surface area contributed by atoms with Crippen LogP contribution in [-0.2, 0) is 19.6 Å². The maximum Gasteiger partial charge on any atom is 0.152 e. The second-order valence-electron chi connectivity index (χ2n) is 6.33. The second kappa shape index (κ2) is 5.40. The summed E-state index contributed by atoms with van der Waals surface area (Å²) in [6.07, 6.45) is 5.46. The monoisotopic (exact) mass is 287 g/mol. The van der Waals surface area contributed by atoms with Crippen molar-refractivity contribution in [1.82, 2.24) is 30.0 Å². The minimum Gasteiger partial charge on any atom is -0.346 e. The van der Waals surface area contributed by atoms with Gasteiger partial charge in [-0.1, -0.05) is 0 Å². The van der Waals surface area contributed by atoms with E-state index in [4.69, 9.17) is 0 Å². The van der Waals surface area contributed by atoms with Gasteiger partial charge in [-0.05, 0) is 20.8 Å². The van der Waals surface area contributed by atoms with Crippen LogP contribution in [0.15, 0.2) is 18.7 Å². The highest BCUT2D eigenvalue weighted by molar-refractivity contribution is 5.36. The molecule has 2 aromatic heterocycles. The first kappa shape index (κ1) is 13.9. The van der Waals surface area contributed by atoms with Gasteiger partial charge in [0.2, 0.25) is 0 Å². The SMILES string of the molecule is CC(C)(C)NCc1cnc(N2CCn3cnnc3C2)cn1. The second-order valence-corrected chi connectivity index (χ2v) is 6.33. The molecule has 112 valence electrons. The first-order chi connectivity index (χ1) is 10.0. The van der Waals surface area contributed by atoms with E-state index in [9.17, 15) is 0 Å². The van der Waals surface area contributed by atoms with E-state index < -0.39 is 0 Å². The number of nitrogens with one attached hydrogen (secondary N) is 1. The van der Waals surface area contributed by atoms with Crippen LogP contribution in [0.1, 0.15) is 32.3 Å². The van der Waals surface area contributed by atoms with Crippen LogP contribution in [0.5, 0.6) is 0 Å². The van der Waals surface area contributed by atoms with Crippen molar-refractivity contribution in [3.63, 3.8) is 0 Å². The van der Waals surface area contributed by atoms with Crippen molar-refractivity contribution >= 4 is 5.82 Å². The summed E-state index contributed by atoms with van der Waals surface area (Å²) < 4.78 is 2.07. The predicted octanol–water partition coefficient (Wildman–Crippen LogP) is 0.976. The van der Waals surface area contributed by atoms with Gasteiger partial charge in [0.05, 0.1) is 24.6 Å². The maximum atomic E-state index is 4.53. The van der Waals surface area contributed by atoms with Crippen molar-refractivity contribution in [3.05, 3.63) is 30.2 Å². The molecular formula is C14H21N7. The third-order valence-corrected chi connectivity index (χ3v) is 3.45. The summed E-state index contributed by atoms with van der Waals surface area (Å²) in [6, 6.07) is 0. The summed E-state index contributed by atoms with van der Waals surface area (Å²) in [6.45, 7) is 9.66. The summed E-state index contributed by atoms with van der Waals surface area (Å²) in [5, 5.41) is 11.5. The van der Waals surface area contributed by atoms with Crippen LogP contribution in [0, 0.1) is 0 Å². The molecule has 1 aliphatic heterocycles. The Morgan fingerprint density at radius 3 is 2.76 bits per heavy atom. The minimum atomic E-state index is 0.0807.